The number of anilines is 1. The number of methoxy groups -OCH3 is 1. The van der Waals surface area contributed by atoms with E-state index >= 15 is 0 Å². The maximum atomic E-state index is 13.7. The number of nitrogens with one attached hydrogen (secondary N) is 3. The van der Waals surface area contributed by atoms with Crippen LogP contribution in [0.2, 0.25) is 0 Å². The van der Waals surface area contributed by atoms with E-state index in [9.17, 15) is 38.0 Å². The van der Waals surface area contributed by atoms with Crippen molar-refractivity contribution in [2.24, 2.45) is 26.7 Å². The van der Waals surface area contributed by atoms with E-state index in [1.54, 1.807) is 43.3 Å². The molecule has 0 fully saturated rings. The van der Waals surface area contributed by atoms with Crippen molar-refractivity contribution in [2.75, 3.05) is 157 Å². The average molecular weight is 1280 g/mol. The van der Waals surface area contributed by atoms with Gasteiger partial charge in [0, 0.05) is 52.3 Å². The monoisotopic (exact) mass is 1280 g/mol. The zero-order valence-electron chi connectivity index (χ0n) is 52.0. The van der Waals surface area contributed by atoms with Crippen LogP contribution in [0.4, 0.5) is 22.7 Å². The summed E-state index contributed by atoms with van der Waals surface area (Å²) in [5, 5.41) is 38.5. The number of azo groups is 1. The van der Waals surface area contributed by atoms with Gasteiger partial charge in [-0.3, -0.25) is 29.5 Å². The van der Waals surface area contributed by atoms with Crippen molar-refractivity contribution in [1.29, 1.82) is 0 Å². The number of hydrogen-bond acceptors (Lipinski definition) is 22. The Labute approximate surface area is 526 Å². The van der Waals surface area contributed by atoms with Crippen LogP contribution in [-0.2, 0) is 68.5 Å². The summed E-state index contributed by atoms with van der Waals surface area (Å²) in [6.45, 7) is 7.45. The quantitative estimate of drug-likeness (QED) is 0.00803. The van der Waals surface area contributed by atoms with Crippen LogP contribution in [0.15, 0.2) is 105 Å². The first-order valence-corrected chi connectivity index (χ1v) is 31.4. The standard InChI is InChI=1S/C61H90N10O18S/c1-46(53-44-57(56(80-4)45-55(53)71(76)77)89-27-6-9-58(73)64-25-22-47-10-18-51(72)19-11-47)66-60(75)54(8-5-24-65-61(62)63)67-59(74)23-28-82-30-32-84-34-36-86-38-40-88-42-41-87-39-37-85-35-33-83-31-29-81-26-7-43-90(78,79)52-20-14-49(15-21-52)69-68-48-12-16-50(17-13-48)70(2)3/h10-21,44-46,54,72H,5-9,22-43H2,1-4H3,(H,64,73)(H,66,75)(H,67,74)(H4,62,63,65). The number of amides is 3. The van der Waals surface area contributed by atoms with E-state index in [0.717, 1.165) is 11.3 Å². The van der Waals surface area contributed by atoms with E-state index in [1.807, 2.05) is 43.3 Å². The highest BCUT2D eigenvalue weighted by Gasteiger charge is 2.28. The molecule has 0 bridgehead atoms. The number of nitro benzene ring substituents is 1. The molecule has 2 unspecified atom stereocenters. The van der Waals surface area contributed by atoms with Gasteiger partial charge >= 0.3 is 0 Å². The van der Waals surface area contributed by atoms with Gasteiger partial charge < -0.3 is 84.8 Å². The van der Waals surface area contributed by atoms with E-state index in [0.29, 0.717) is 123 Å². The van der Waals surface area contributed by atoms with E-state index in [-0.39, 0.29) is 110 Å². The number of phenols is 1. The second-order valence-corrected chi connectivity index (χ2v) is 22.4. The lowest BCUT2D eigenvalue weighted by atomic mass is 10.0. The number of hydrogen-bond donors (Lipinski definition) is 6. The number of nitrogens with two attached hydrogens (primary N) is 2. The third-order valence-corrected chi connectivity index (χ3v) is 14.8. The zero-order valence-corrected chi connectivity index (χ0v) is 52.8. The first-order valence-electron chi connectivity index (χ1n) is 29.8. The Bertz CT molecular complexity index is 2890. The molecule has 0 aliphatic heterocycles. The van der Waals surface area contributed by atoms with E-state index in [4.69, 9.17) is 58.8 Å². The van der Waals surface area contributed by atoms with Crippen molar-refractivity contribution in [3.8, 4) is 17.2 Å². The molecule has 498 valence electrons. The van der Waals surface area contributed by atoms with Crippen molar-refractivity contribution < 1.29 is 80.2 Å². The molecule has 0 radical (unpaired) electrons. The van der Waals surface area contributed by atoms with Crippen LogP contribution in [0.5, 0.6) is 17.2 Å². The molecule has 0 spiro atoms. The fourth-order valence-electron chi connectivity index (χ4n) is 8.21. The highest BCUT2D eigenvalue weighted by molar-refractivity contribution is 7.91. The molecular weight excluding hydrogens is 1190 g/mol. The van der Waals surface area contributed by atoms with Gasteiger partial charge in [0.2, 0.25) is 17.7 Å². The molecule has 0 heterocycles. The fourth-order valence-corrected chi connectivity index (χ4v) is 9.50. The number of rotatable bonds is 50. The Balaban J connectivity index is 0.970. The third kappa shape index (κ3) is 31.7. The number of ether oxygens (including phenoxy) is 10. The molecule has 0 aromatic heterocycles. The van der Waals surface area contributed by atoms with Gasteiger partial charge in [0.15, 0.2) is 27.3 Å². The molecule has 0 saturated carbocycles. The van der Waals surface area contributed by atoms with Gasteiger partial charge in [0.25, 0.3) is 5.69 Å². The molecule has 0 aliphatic carbocycles. The Hall–Kier alpha value is -7.61. The summed E-state index contributed by atoms with van der Waals surface area (Å²) in [7, 11) is 1.78. The van der Waals surface area contributed by atoms with Crippen LogP contribution in [0.1, 0.15) is 62.6 Å². The molecule has 0 saturated heterocycles. The van der Waals surface area contributed by atoms with Gasteiger partial charge in [-0.05, 0) is 111 Å². The van der Waals surface area contributed by atoms with Gasteiger partial charge in [-0.15, -0.1) is 0 Å². The van der Waals surface area contributed by atoms with Crippen molar-refractivity contribution in [1.82, 2.24) is 16.0 Å². The molecule has 4 aromatic rings. The summed E-state index contributed by atoms with van der Waals surface area (Å²) in [5.74, 6) is -1.02. The Kier molecular flexibility index (Phi) is 36.6. The topological polar surface area (TPSA) is 369 Å². The minimum absolute atomic E-state index is 0.0435. The van der Waals surface area contributed by atoms with Crippen molar-refractivity contribution in [2.45, 2.75) is 68.8 Å². The molecule has 90 heavy (non-hydrogen) atoms. The average Bonchev–Trinajstić information content (AvgIpc) is 2.71. The normalized spacial score (nSPS) is 12.1. The predicted octanol–water partition coefficient (Wildman–Crippen LogP) is 5.41. The zero-order chi connectivity index (χ0) is 65.2. The van der Waals surface area contributed by atoms with E-state index < -0.39 is 38.7 Å². The lowest BCUT2D eigenvalue weighted by molar-refractivity contribution is -0.385. The van der Waals surface area contributed by atoms with Gasteiger partial charge in [-0.2, -0.15) is 10.2 Å². The maximum absolute atomic E-state index is 13.7. The SMILES string of the molecule is COc1cc([N+](=O)[O-])c(C(C)NC(=O)C(CCCN=C(N)N)NC(=O)CCOCCOCCOCCOCCOCCOCCOCCOCCCS(=O)(=O)c2ccc(N=Nc3ccc(N(C)C)cc3)cc2)cc1OCCCC(=O)NCCc1ccc(O)cc1. The summed E-state index contributed by atoms with van der Waals surface area (Å²) in [6.07, 6.45) is 1.82. The molecule has 3 amide bonds. The lowest BCUT2D eigenvalue weighted by Crippen LogP contribution is -2.47. The Morgan fingerprint density at radius 2 is 1.17 bits per heavy atom. The predicted molar refractivity (Wildman–Crippen MR) is 337 cm³/mol. The molecule has 8 N–H and O–H groups in total. The third-order valence-electron chi connectivity index (χ3n) is 13.0. The number of phenolic OH excluding ortho intramolecular Hbond substituents is 1. The minimum atomic E-state index is -3.47. The molecule has 2 atom stereocenters. The van der Waals surface area contributed by atoms with Crippen LogP contribution in [0.25, 0.3) is 0 Å². The summed E-state index contributed by atoms with van der Waals surface area (Å²) in [5.41, 5.74) is 14.0. The number of nitrogens with zero attached hydrogens (tertiary/aromatic N) is 5. The van der Waals surface area contributed by atoms with Crippen LogP contribution in [-0.4, -0.2) is 201 Å². The number of carbonyl (C=O) groups is 3. The van der Waals surface area contributed by atoms with Gasteiger partial charge in [0.1, 0.15) is 11.8 Å². The number of nitro groups is 1. The molecule has 0 aliphatic rings. The van der Waals surface area contributed by atoms with Gasteiger partial charge in [-0.25, -0.2) is 8.42 Å². The summed E-state index contributed by atoms with van der Waals surface area (Å²) in [4.78, 5) is 57.0. The number of sulfone groups is 1. The highest BCUT2D eigenvalue weighted by atomic mass is 32.2. The first kappa shape index (κ1) is 74.9. The summed E-state index contributed by atoms with van der Waals surface area (Å²) < 4.78 is 81.2. The molecular formula is C61H90N10O18S. The van der Waals surface area contributed by atoms with E-state index in [1.165, 1.54) is 31.4 Å². The number of aliphatic imine (C=N–C) groups is 1. The van der Waals surface area contributed by atoms with Crippen molar-refractivity contribution in [3.63, 3.8) is 0 Å². The Morgan fingerprint density at radius 1 is 0.644 bits per heavy atom. The fraction of sp³-hybridized carbons (Fsp3) is 0.541. The molecule has 4 rings (SSSR count). The van der Waals surface area contributed by atoms with Crippen LogP contribution < -0.4 is 41.8 Å². The highest BCUT2D eigenvalue weighted by Crippen LogP contribution is 2.38. The van der Waals surface area contributed by atoms with Crippen LogP contribution in [0.3, 0.4) is 0 Å². The number of guanidine groups is 1. The summed E-state index contributed by atoms with van der Waals surface area (Å²) >= 11 is 0. The number of carbonyl (C=O) groups excluding carboxylic acids is 3. The molecule has 4 aromatic carbocycles. The van der Waals surface area contributed by atoms with Crippen molar-refractivity contribution >= 4 is 56.3 Å². The van der Waals surface area contributed by atoms with E-state index in [2.05, 4.69) is 31.2 Å². The summed E-state index contributed by atoms with van der Waals surface area (Å²) in [6, 6.07) is 21.3. The lowest BCUT2D eigenvalue weighted by Gasteiger charge is -2.22. The second kappa shape index (κ2) is 44.0. The minimum Gasteiger partial charge on any atom is -0.508 e. The number of benzene rings is 4. The Morgan fingerprint density at radius 3 is 1.68 bits per heavy atom. The molecule has 28 nitrogen and oxygen atoms in total. The largest absolute Gasteiger partial charge is 0.508 e. The van der Waals surface area contributed by atoms with Crippen LogP contribution in [0, 0.1) is 10.1 Å². The molecule has 29 heteroatoms. The van der Waals surface area contributed by atoms with Crippen LogP contribution >= 0.6 is 0 Å². The maximum Gasteiger partial charge on any atom is 0.278 e. The van der Waals surface area contributed by atoms with Gasteiger partial charge in [0.05, 0.1) is 157 Å². The second-order valence-electron chi connectivity index (χ2n) is 20.3. The van der Waals surface area contributed by atoms with Gasteiger partial charge in [-0.1, -0.05) is 12.1 Å². The first-order chi connectivity index (χ1) is 43.4. The smallest absolute Gasteiger partial charge is 0.278 e. The van der Waals surface area contributed by atoms with Crippen molar-refractivity contribution in [3.05, 3.63) is 106 Å². The number of aromatic hydroxyl groups is 1.